The van der Waals surface area contributed by atoms with E-state index in [1.54, 1.807) is 0 Å². The first kappa shape index (κ1) is 15.4. The van der Waals surface area contributed by atoms with Gasteiger partial charge >= 0.3 is 0 Å². The lowest BCUT2D eigenvalue weighted by Crippen LogP contribution is -2.39. The summed E-state index contributed by atoms with van der Waals surface area (Å²) in [6, 6.07) is 8.51. The van der Waals surface area contributed by atoms with Gasteiger partial charge in [-0.05, 0) is 23.0 Å². The number of nitrogens with one attached hydrogen (secondary N) is 1. The van der Waals surface area contributed by atoms with E-state index in [1.807, 2.05) is 4.90 Å². The van der Waals surface area contributed by atoms with Gasteiger partial charge in [-0.3, -0.25) is 10.1 Å². The highest BCUT2D eigenvalue weighted by molar-refractivity contribution is 5.27. The Labute approximate surface area is 125 Å². The average Bonchev–Trinajstić information content (AvgIpc) is 2.40. The summed E-state index contributed by atoms with van der Waals surface area (Å²) in [5.74, 6) is 0.603. The second-order valence-corrected chi connectivity index (χ2v) is 6.45. The van der Waals surface area contributed by atoms with Crippen LogP contribution in [0, 0.1) is 10.1 Å². The fourth-order valence-electron chi connectivity index (χ4n) is 2.44. The van der Waals surface area contributed by atoms with Gasteiger partial charge in [0.1, 0.15) is 0 Å². The molecular weight excluding hydrogens is 266 g/mol. The standard InChI is InChI=1S/C16H23N3O2/c1-16(2,3)14-7-5-13(6-8-14)11-18-10-4-9-17-15(18)12-19(20)21/h5-8,12,17H,4,9-11H2,1-3H3. The lowest BCUT2D eigenvalue weighted by molar-refractivity contribution is -0.405. The fourth-order valence-corrected chi connectivity index (χ4v) is 2.44. The molecule has 0 saturated carbocycles. The number of rotatable bonds is 3. The molecule has 1 saturated heterocycles. The third kappa shape index (κ3) is 4.21. The van der Waals surface area contributed by atoms with Crippen LogP contribution in [0.25, 0.3) is 0 Å². The van der Waals surface area contributed by atoms with Crippen molar-refractivity contribution in [3.05, 3.63) is 57.5 Å². The molecule has 0 aliphatic carbocycles. The van der Waals surface area contributed by atoms with E-state index in [-0.39, 0.29) is 5.41 Å². The summed E-state index contributed by atoms with van der Waals surface area (Å²) >= 11 is 0. The highest BCUT2D eigenvalue weighted by Crippen LogP contribution is 2.23. The average molecular weight is 289 g/mol. The van der Waals surface area contributed by atoms with Gasteiger partial charge in [0.15, 0.2) is 5.82 Å². The lowest BCUT2D eigenvalue weighted by Gasteiger charge is -2.31. The minimum Gasteiger partial charge on any atom is -0.367 e. The number of benzene rings is 1. The first-order valence-corrected chi connectivity index (χ1v) is 7.30. The molecule has 1 aromatic carbocycles. The van der Waals surface area contributed by atoms with E-state index in [4.69, 9.17) is 0 Å². The Hall–Kier alpha value is -2.04. The summed E-state index contributed by atoms with van der Waals surface area (Å²) in [6.07, 6.45) is 2.05. The number of hydrogen-bond donors (Lipinski definition) is 1. The van der Waals surface area contributed by atoms with Crippen LogP contribution in [0.15, 0.2) is 36.3 Å². The summed E-state index contributed by atoms with van der Waals surface area (Å²) in [4.78, 5) is 12.3. The first-order valence-electron chi connectivity index (χ1n) is 7.30. The van der Waals surface area contributed by atoms with Crippen molar-refractivity contribution < 1.29 is 4.92 Å². The second kappa shape index (κ2) is 6.16. The SMILES string of the molecule is CC(C)(C)c1ccc(CN2CCCNC2=C[N+](=O)[O-])cc1. The highest BCUT2D eigenvalue weighted by Gasteiger charge is 2.18. The monoisotopic (exact) mass is 289 g/mol. The molecule has 0 atom stereocenters. The predicted molar refractivity (Wildman–Crippen MR) is 83.2 cm³/mol. The summed E-state index contributed by atoms with van der Waals surface area (Å²) in [5, 5.41) is 13.8. The largest absolute Gasteiger partial charge is 0.367 e. The van der Waals surface area contributed by atoms with Crippen molar-refractivity contribution in [3.8, 4) is 0 Å². The summed E-state index contributed by atoms with van der Waals surface area (Å²) in [7, 11) is 0. The summed E-state index contributed by atoms with van der Waals surface area (Å²) in [5.41, 5.74) is 2.60. The fraction of sp³-hybridized carbons (Fsp3) is 0.500. The van der Waals surface area contributed by atoms with E-state index in [9.17, 15) is 10.1 Å². The Balaban J connectivity index is 2.11. The molecule has 114 valence electrons. The van der Waals surface area contributed by atoms with Crippen LogP contribution in [-0.2, 0) is 12.0 Å². The number of nitro groups is 1. The van der Waals surface area contributed by atoms with Crippen molar-refractivity contribution >= 4 is 0 Å². The minimum atomic E-state index is -0.399. The van der Waals surface area contributed by atoms with Gasteiger partial charge in [-0.25, -0.2) is 0 Å². The van der Waals surface area contributed by atoms with Crippen LogP contribution >= 0.6 is 0 Å². The predicted octanol–water partition coefficient (Wildman–Crippen LogP) is 2.86. The Kier molecular flexibility index (Phi) is 4.50. The molecule has 0 unspecified atom stereocenters. The van der Waals surface area contributed by atoms with E-state index in [2.05, 4.69) is 50.4 Å². The van der Waals surface area contributed by atoms with E-state index in [1.165, 1.54) is 11.1 Å². The molecular formula is C16H23N3O2. The summed E-state index contributed by atoms with van der Waals surface area (Å²) < 4.78 is 0. The smallest absolute Gasteiger partial charge is 0.274 e. The molecule has 21 heavy (non-hydrogen) atoms. The van der Waals surface area contributed by atoms with Gasteiger partial charge < -0.3 is 10.2 Å². The molecule has 0 bridgehead atoms. The lowest BCUT2D eigenvalue weighted by atomic mass is 9.87. The van der Waals surface area contributed by atoms with Crippen LogP contribution in [-0.4, -0.2) is 22.9 Å². The maximum absolute atomic E-state index is 10.7. The van der Waals surface area contributed by atoms with Gasteiger partial charge in [0.2, 0.25) is 0 Å². The molecule has 1 aliphatic heterocycles. The summed E-state index contributed by atoms with van der Waals surface area (Å²) in [6.45, 7) is 8.89. The van der Waals surface area contributed by atoms with Gasteiger partial charge in [-0.15, -0.1) is 0 Å². The van der Waals surface area contributed by atoms with E-state index in [0.717, 1.165) is 25.7 Å². The minimum absolute atomic E-state index is 0.141. The van der Waals surface area contributed by atoms with E-state index < -0.39 is 4.92 Å². The zero-order valence-electron chi connectivity index (χ0n) is 12.9. The third-order valence-electron chi connectivity index (χ3n) is 3.67. The van der Waals surface area contributed by atoms with Gasteiger partial charge in [0.05, 0.1) is 4.92 Å². The molecule has 0 aromatic heterocycles. The van der Waals surface area contributed by atoms with Crippen LogP contribution in [0.3, 0.4) is 0 Å². The maximum Gasteiger partial charge on any atom is 0.274 e. The van der Waals surface area contributed by atoms with Crippen LogP contribution < -0.4 is 5.32 Å². The van der Waals surface area contributed by atoms with Crippen molar-refractivity contribution in [1.82, 2.24) is 10.2 Å². The van der Waals surface area contributed by atoms with Crippen LogP contribution in [0.2, 0.25) is 0 Å². The molecule has 1 heterocycles. The normalized spacial score (nSPS) is 17.7. The Morgan fingerprint density at radius 2 is 2.00 bits per heavy atom. The van der Waals surface area contributed by atoms with Crippen molar-refractivity contribution in [2.75, 3.05) is 13.1 Å². The van der Waals surface area contributed by atoms with Crippen LogP contribution in [0.4, 0.5) is 0 Å². The van der Waals surface area contributed by atoms with Crippen molar-refractivity contribution in [3.63, 3.8) is 0 Å². The zero-order valence-corrected chi connectivity index (χ0v) is 12.9. The molecule has 0 spiro atoms. The molecule has 1 N–H and O–H groups in total. The van der Waals surface area contributed by atoms with Crippen LogP contribution in [0.1, 0.15) is 38.3 Å². The third-order valence-corrected chi connectivity index (χ3v) is 3.67. The molecule has 1 aliphatic rings. The first-order chi connectivity index (χ1) is 9.86. The topological polar surface area (TPSA) is 58.4 Å². The molecule has 0 radical (unpaired) electrons. The molecule has 1 aromatic rings. The second-order valence-electron chi connectivity index (χ2n) is 6.45. The molecule has 1 fully saturated rings. The Morgan fingerprint density at radius 3 is 2.57 bits per heavy atom. The molecule has 5 heteroatoms. The van der Waals surface area contributed by atoms with E-state index in [0.29, 0.717) is 12.4 Å². The number of hydrogen-bond acceptors (Lipinski definition) is 4. The maximum atomic E-state index is 10.7. The van der Waals surface area contributed by atoms with Gasteiger partial charge in [0, 0.05) is 19.6 Å². The molecule has 0 amide bonds. The highest BCUT2D eigenvalue weighted by atomic mass is 16.6. The van der Waals surface area contributed by atoms with E-state index >= 15 is 0 Å². The van der Waals surface area contributed by atoms with Crippen molar-refractivity contribution in [1.29, 1.82) is 0 Å². The van der Waals surface area contributed by atoms with Gasteiger partial charge in [-0.1, -0.05) is 45.0 Å². The Bertz CT molecular complexity index is 529. The van der Waals surface area contributed by atoms with Gasteiger partial charge in [0.25, 0.3) is 6.20 Å². The van der Waals surface area contributed by atoms with Crippen LogP contribution in [0.5, 0.6) is 0 Å². The Morgan fingerprint density at radius 1 is 1.33 bits per heavy atom. The van der Waals surface area contributed by atoms with Crippen molar-refractivity contribution in [2.24, 2.45) is 0 Å². The number of nitrogens with zero attached hydrogens (tertiary/aromatic N) is 2. The van der Waals surface area contributed by atoms with Crippen molar-refractivity contribution in [2.45, 2.75) is 39.2 Å². The quantitative estimate of drug-likeness (QED) is 0.686. The zero-order chi connectivity index (χ0) is 15.5. The molecule has 5 nitrogen and oxygen atoms in total. The van der Waals surface area contributed by atoms with Gasteiger partial charge in [-0.2, -0.15) is 0 Å². The molecule has 2 rings (SSSR count).